The van der Waals surface area contributed by atoms with Crippen LogP contribution < -0.4 is 4.74 Å². The lowest BCUT2D eigenvalue weighted by atomic mass is 10.1. The summed E-state index contributed by atoms with van der Waals surface area (Å²) in [5.41, 5.74) is -0.0965. The van der Waals surface area contributed by atoms with E-state index in [0.29, 0.717) is 0 Å². The standard InChI is InChI=1S/C14H15NO7/c1-3-20-14(17)12-11(22-12)8(2)13(16)21-10-6-4-9(5-7-10)15(18)19/h4-8,11-12H,3H2,1-2H3/t8?,11-,12+/m0/s1. The summed E-state index contributed by atoms with van der Waals surface area (Å²) in [6, 6.07) is 5.14. The number of epoxide rings is 1. The van der Waals surface area contributed by atoms with Crippen molar-refractivity contribution in [2.45, 2.75) is 26.1 Å². The van der Waals surface area contributed by atoms with Crippen molar-refractivity contribution < 1.29 is 28.7 Å². The van der Waals surface area contributed by atoms with Crippen molar-refractivity contribution >= 4 is 17.6 Å². The number of esters is 2. The molecule has 1 unspecified atom stereocenters. The first-order valence-corrected chi connectivity index (χ1v) is 6.72. The maximum absolute atomic E-state index is 12.0. The fraction of sp³-hybridized carbons (Fsp3) is 0.429. The van der Waals surface area contributed by atoms with Crippen molar-refractivity contribution in [2.75, 3.05) is 6.61 Å². The highest BCUT2D eigenvalue weighted by molar-refractivity contribution is 5.82. The van der Waals surface area contributed by atoms with Crippen molar-refractivity contribution in [3.8, 4) is 5.75 Å². The highest BCUT2D eigenvalue weighted by atomic mass is 16.6. The molecule has 0 aliphatic carbocycles. The van der Waals surface area contributed by atoms with Gasteiger partial charge in [-0.15, -0.1) is 0 Å². The summed E-state index contributed by atoms with van der Waals surface area (Å²) in [4.78, 5) is 33.4. The second kappa shape index (κ2) is 6.52. The van der Waals surface area contributed by atoms with Crippen molar-refractivity contribution in [2.24, 2.45) is 5.92 Å². The Kier molecular flexibility index (Phi) is 4.71. The minimum Gasteiger partial charge on any atom is -0.464 e. The van der Waals surface area contributed by atoms with Crippen molar-refractivity contribution in [3.05, 3.63) is 34.4 Å². The molecule has 0 amide bonds. The van der Waals surface area contributed by atoms with Gasteiger partial charge in [0.25, 0.3) is 5.69 Å². The third-order valence-electron chi connectivity index (χ3n) is 3.17. The first kappa shape index (κ1) is 15.9. The first-order valence-electron chi connectivity index (χ1n) is 6.72. The van der Waals surface area contributed by atoms with Gasteiger partial charge in [0.2, 0.25) is 0 Å². The Balaban J connectivity index is 1.90. The van der Waals surface area contributed by atoms with Gasteiger partial charge in [-0.2, -0.15) is 0 Å². The quantitative estimate of drug-likeness (QED) is 0.257. The van der Waals surface area contributed by atoms with Gasteiger partial charge in [-0.05, 0) is 26.0 Å². The van der Waals surface area contributed by atoms with Crippen LogP contribution in [0.2, 0.25) is 0 Å². The van der Waals surface area contributed by atoms with Crippen LogP contribution in [-0.2, 0) is 19.1 Å². The van der Waals surface area contributed by atoms with Crippen LogP contribution in [0.25, 0.3) is 0 Å². The third kappa shape index (κ3) is 3.59. The average Bonchev–Trinajstić information content (AvgIpc) is 3.27. The molecule has 0 radical (unpaired) electrons. The Morgan fingerprint density at radius 1 is 1.36 bits per heavy atom. The number of carbonyl (C=O) groups is 2. The number of rotatable bonds is 6. The zero-order valence-corrected chi connectivity index (χ0v) is 12.1. The number of hydrogen-bond acceptors (Lipinski definition) is 7. The van der Waals surface area contributed by atoms with Crippen LogP contribution in [0.1, 0.15) is 13.8 Å². The van der Waals surface area contributed by atoms with E-state index in [4.69, 9.17) is 14.2 Å². The number of nitro groups is 1. The van der Waals surface area contributed by atoms with Gasteiger partial charge < -0.3 is 14.2 Å². The summed E-state index contributed by atoms with van der Waals surface area (Å²) < 4.78 is 15.0. The summed E-state index contributed by atoms with van der Waals surface area (Å²) in [7, 11) is 0. The molecule has 3 atom stereocenters. The highest BCUT2D eigenvalue weighted by Gasteiger charge is 2.52. The van der Waals surface area contributed by atoms with Crippen LogP contribution in [0, 0.1) is 16.0 Å². The summed E-state index contributed by atoms with van der Waals surface area (Å²) in [5, 5.41) is 10.5. The van der Waals surface area contributed by atoms with Crippen LogP contribution in [0.5, 0.6) is 5.75 Å². The Bertz CT molecular complexity index is 583. The van der Waals surface area contributed by atoms with Crippen molar-refractivity contribution in [1.82, 2.24) is 0 Å². The van der Waals surface area contributed by atoms with Gasteiger partial charge >= 0.3 is 11.9 Å². The lowest BCUT2D eigenvalue weighted by molar-refractivity contribution is -0.384. The zero-order chi connectivity index (χ0) is 16.3. The minimum atomic E-state index is -0.737. The Labute approximate surface area is 126 Å². The van der Waals surface area contributed by atoms with Crippen LogP contribution in [-0.4, -0.2) is 35.7 Å². The molecule has 1 heterocycles. The topological polar surface area (TPSA) is 108 Å². The van der Waals surface area contributed by atoms with Crippen LogP contribution >= 0.6 is 0 Å². The monoisotopic (exact) mass is 309 g/mol. The van der Waals surface area contributed by atoms with Gasteiger partial charge in [0, 0.05) is 12.1 Å². The van der Waals surface area contributed by atoms with E-state index >= 15 is 0 Å². The summed E-state index contributed by atoms with van der Waals surface area (Å²) in [6.07, 6.45) is -1.30. The van der Waals surface area contributed by atoms with Gasteiger partial charge in [-0.3, -0.25) is 14.9 Å². The summed E-state index contributed by atoms with van der Waals surface area (Å²) in [5.74, 6) is -1.53. The maximum Gasteiger partial charge on any atom is 0.338 e. The largest absolute Gasteiger partial charge is 0.464 e. The Morgan fingerprint density at radius 2 is 2.00 bits per heavy atom. The molecule has 1 fully saturated rings. The molecule has 0 N–H and O–H groups in total. The third-order valence-corrected chi connectivity index (χ3v) is 3.17. The molecule has 0 spiro atoms. The fourth-order valence-corrected chi connectivity index (χ4v) is 1.90. The van der Waals surface area contributed by atoms with E-state index < -0.39 is 35.0 Å². The Hall–Kier alpha value is -2.48. The Morgan fingerprint density at radius 3 is 2.55 bits per heavy atom. The van der Waals surface area contributed by atoms with Crippen LogP contribution in [0.4, 0.5) is 5.69 Å². The molecular formula is C14H15NO7. The van der Waals surface area contributed by atoms with E-state index in [9.17, 15) is 19.7 Å². The molecule has 1 aliphatic rings. The molecule has 0 saturated carbocycles. The second-order valence-corrected chi connectivity index (χ2v) is 4.73. The molecule has 8 nitrogen and oxygen atoms in total. The van der Waals surface area contributed by atoms with Gasteiger partial charge in [0.1, 0.15) is 11.9 Å². The smallest absolute Gasteiger partial charge is 0.338 e. The fourth-order valence-electron chi connectivity index (χ4n) is 1.90. The predicted molar refractivity (Wildman–Crippen MR) is 73.2 cm³/mol. The lowest BCUT2D eigenvalue weighted by Gasteiger charge is -2.08. The zero-order valence-electron chi connectivity index (χ0n) is 12.1. The number of carbonyl (C=O) groups excluding carboxylic acids is 2. The minimum absolute atomic E-state index is 0.0965. The molecule has 0 aromatic heterocycles. The average molecular weight is 309 g/mol. The molecule has 2 rings (SSSR count). The molecule has 1 aromatic rings. The van der Waals surface area contributed by atoms with E-state index in [2.05, 4.69) is 0 Å². The maximum atomic E-state index is 12.0. The van der Waals surface area contributed by atoms with Gasteiger partial charge in [0.15, 0.2) is 6.10 Å². The van der Waals surface area contributed by atoms with E-state index in [-0.39, 0.29) is 18.0 Å². The molecule has 1 aliphatic heterocycles. The van der Waals surface area contributed by atoms with Gasteiger partial charge in [0.05, 0.1) is 17.4 Å². The van der Waals surface area contributed by atoms with Gasteiger partial charge in [-0.25, -0.2) is 4.79 Å². The number of ether oxygens (including phenoxy) is 3. The second-order valence-electron chi connectivity index (χ2n) is 4.73. The summed E-state index contributed by atoms with van der Waals surface area (Å²) >= 11 is 0. The van der Waals surface area contributed by atoms with E-state index in [1.807, 2.05) is 0 Å². The van der Waals surface area contributed by atoms with Crippen LogP contribution in [0.15, 0.2) is 24.3 Å². The molecule has 1 saturated heterocycles. The van der Waals surface area contributed by atoms with Gasteiger partial charge in [-0.1, -0.05) is 0 Å². The summed E-state index contributed by atoms with van der Waals surface area (Å²) in [6.45, 7) is 3.51. The molecular weight excluding hydrogens is 294 g/mol. The number of benzene rings is 1. The SMILES string of the molecule is CCOC(=O)[C@@H]1O[C@H]1C(C)C(=O)Oc1ccc([N+](=O)[O-])cc1. The lowest BCUT2D eigenvalue weighted by Crippen LogP contribution is -2.26. The number of nitrogens with zero attached hydrogens (tertiary/aromatic N) is 1. The van der Waals surface area contributed by atoms with Crippen molar-refractivity contribution in [3.63, 3.8) is 0 Å². The van der Waals surface area contributed by atoms with E-state index in [0.717, 1.165) is 0 Å². The van der Waals surface area contributed by atoms with Crippen molar-refractivity contribution in [1.29, 1.82) is 0 Å². The molecule has 8 heteroatoms. The first-order chi connectivity index (χ1) is 10.4. The van der Waals surface area contributed by atoms with E-state index in [1.165, 1.54) is 24.3 Å². The molecule has 1 aromatic carbocycles. The number of non-ortho nitro benzene ring substituents is 1. The normalized spacial score (nSPS) is 20.8. The molecule has 0 bridgehead atoms. The molecule has 118 valence electrons. The number of nitro benzene ring substituents is 1. The highest BCUT2D eigenvalue weighted by Crippen LogP contribution is 2.31. The van der Waals surface area contributed by atoms with Crippen LogP contribution in [0.3, 0.4) is 0 Å². The molecule has 22 heavy (non-hydrogen) atoms. The predicted octanol–water partition coefficient (Wildman–Crippen LogP) is 1.47. The number of hydrogen-bond donors (Lipinski definition) is 0. The van der Waals surface area contributed by atoms with E-state index in [1.54, 1.807) is 13.8 Å².